The lowest BCUT2D eigenvalue weighted by Gasteiger charge is -2.43. The molecule has 3 aliphatic rings. The number of carbonyl (C=O) groups excluding carboxylic acids is 2. The van der Waals surface area contributed by atoms with Crippen LogP contribution in [0.25, 0.3) is 11.6 Å². The van der Waals surface area contributed by atoms with Crippen molar-refractivity contribution in [1.29, 1.82) is 0 Å². The standard InChI is InChI=1S/C33H40BNO5/c1-5-14-35-32(37)26-18-23(6-2)29-27(30(26)33(35)38)19-34(39)40-28(29)13-12-25(24-10-8-7-9-11-24)17-22-15-20(3)31(36)21(4)16-22/h7-11,15-17,26-28,30,36,39H,5-6,12-14,18-19H2,1-4H3/b25-17-/t26-,27+,28-,30-/m1/s1. The van der Waals surface area contributed by atoms with Gasteiger partial charge in [0.05, 0.1) is 17.9 Å². The second-order valence-electron chi connectivity index (χ2n) is 11.6. The Bertz CT molecular complexity index is 1330. The molecule has 40 heavy (non-hydrogen) atoms. The van der Waals surface area contributed by atoms with Crippen LogP contribution in [0.15, 0.2) is 53.6 Å². The average Bonchev–Trinajstić information content (AvgIpc) is 3.18. The van der Waals surface area contributed by atoms with Crippen molar-refractivity contribution in [1.82, 2.24) is 4.90 Å². The minimum Gasteiger partial charge on any atom is -0.507 e. The van der Waals surface area contributed by atoms with Crippen LogP contribution in [-0.4, -0.2) is 46.6 Å². The van der Waals surface area contributed by atoms with E-state index >= 15 is 0 Å². The third-order valence-corrected chi connectivity index (χ3v) is 8.95. The second kappa shape index (κ2) is 11.8. The second-order valence-corrected chi connectivity index (χ2v) is 11.6. The van der Waals surface area contributed by atoms with Gasteiger partial charge in [-0.25, -0.2) is 0 Å². The molecule has 0 unspecified atom stereocenters. The van der Waals surface area contributed by atoms with Crippen molar-refractivity contribution in [3.63, 3.8) is 0 Å². The Balaban J connectivity index is 1.47. The Kier molecular flexibility index (Phi) is 8.34. The Labute approximate surface area is 237 Å². The summed E-state index contributed by atoms with van der Waals surface area (Å²) >= 11 is 0. The first-order valence-corrected chi connectivity index (χ1v) is 14.7. The predicted octanol–water partition coefficient (Wildman–Crippen LogP) is 5.95. The normalized spacial score (nSPS) is 25.0. The van der Waals surface area contributed by atoms with Crippen LogP contribution in [-0.2, 0) is 14.2 Å². The SMILES string of the molecule is CCCN1C(=O)[C@@H]2[C@@H](CC(CC)=C3[C@@H](CC/C(=C/c4cc(C)c(O)c(C)c4)c4ccccc4)OB(O)C[C@@H]32)C1=O. The lowest BCUT2D eigenvalue weighted by Crippen LogP contribution is -2.46. The van der Waals surface area contributed by atoms with E-state index < -0.39 is 13.0 Å². The lowest BCUT2D eigenvalue weighted by atomic mass is 9.58. The summed E-state index contributed by atoms with van der Waals surface area (Å²) in [5.74, 6) is -0.709. The maximum absolute atomic E-state index is 13.5. The summed E-state index contributed by atoms with van der Waals surface area (Å²) in [5.41, 5.74) is 7.28. The van der Waals surface area contributed by atoms with Gasteiger partial charge in [0.15, 0.2) is 0 Å². The molecular weight excluding hydrogens is 501 g/mol. The van der Waals surface area contributed by atoms with Crippen LogP contribution >= 0.6 is 0 Å². The largest absolute Gasteiger partial charge is 0.507 e. The van der Waals surface area contributed by atoms with Gasteiger partial charge in [-0.05, 0) is 104 Å². The quantitative estimate of drug-likeness (QED) is 0.187. The molecule has 2 N–H and O–H groups in total. The highest BCUT2D eigenvalue weighted by Gasteiger charge is 2.56. The Hall–Kier alpha value is -3.16. The molecule has 210 valence electrons. The molecule has 4 atom stereocenters. The van der Waals surface area contributed by atoms with Crippen molar-refractivity contribution < 1.29 is 24.4 Å². The van der Waals surface area contributed by atoms with E-state index in [1.807, 2.05) is 51.1 Å². The van der Waals surface area contributed by atoms with E-state index in [0.717, 1.165) is 46.2 Å². The predicted molar refractivity (Wildman–Crippen MR) is 158 cm³/mol. The number of phenols is 1. The van der Waals surface area contributed by atoms with Gasteiger partial charge in [0.25, 0.3) is 0 Å². The number of hydrogen-bond donors (Lipinski definition) is 2. The highest BCUT2D eigenvalue weighted by molar-refractivity contribution is 6.43. The van der Waals surface area contributed by atoms with Gasteiger partial charge in [-0.3, -0.25) is 14.5 Å². The lowest BCUT2D eigenvalue weighted by molar-refractivity contribution is -0.140. The summed E-state index contributed by atoms with van der Waals surface area (Å²) in [6, 6.07) is 14.2. The van der Waals surface area contributed by atoms with Crippen LogP contribution < -0.4 is 0 Å². The zero-order chi connectivity index (χ0) is 28.6. The molecule has 0 spiro atoms. The molecule has 7 heteroatoms. The van der Waals surface area contributed by atoms with Gasteiger partial charge >= 0.3 is 7.12 Å². The monoisotopic (exact) mass is 541 g/mol. The number of fused-ring (bicyclic) bond motifs is 3. The molecule has 2 amide bonds. The first-order chi connectivity index (χ1) is 19.2. The summed E-state index contributed by atoms with van der Waals surface area (Å²) in [4.78, 5) is 28.1. The summed E-state index contributed by atoms with van der Waals surface area (Å²) in [7, 11) is -0.967. The van der Waals surface area contributed by atoms with Crippen LogP contribution in [0, 0.1) is 31.6 Å². The number of nitrogens with zero attached hydrogens (tertiary/aromatic N) is 1. The zero-order valence-electron chi connectivity index (χ0n) is 24.0. The fourth-order valence-electron chi connectivity index (χ4n) is 7.12. The first kappa shape index (κ1) is 28.4. The number of carbonyl (C=O) groups is 2. The van der Waals surface area contributed by atoms with Gasteiger partial charge in [-0.15, -0.1) is 0 Å². The minimum absolute atomic E-state index is 0.0480. The maximum atomic E-state index is 13.5. The van der Waals surface area contributed by atoms with Gasteiger partial charge < -0.3 is 14.8 Å². The van der Waals surface area contributed by atoms with E-state index in [9.17, 15) is 19.7 Å². The zero-order valence-corrected chi connectivity index (χ0v) is 24.0. The molecule has 2 aromatic rings. The number of aryl methyl sites for hydroxylation is 2. The number of imide groups is 1. The number of phenolic OH excluding ortho intramolecular Hbond substituents is 1. The molecule has 0 bridgehead atoms. The van der Waals surface area contributed by atoms with E-state index in [4.69, 9.17) is 4.65 Å². The number of rotatable bonds is 8. The van der Waals surface area contributed by atoms with Gasteiger partial charge in [0.1, 0.15) is 5.75 Å². The van der Waals surface area contributed by atoms with Gasteiger partial charge in [-0.1, -0.05) is 55.8 Å². The van der Waals surface area contributed by atoms with Crippen molar-refractivity contribution in [3.8, 4) is 5.75 Å². The third-order valence-electron chi connectivity index (χ3n) is 8.95. The molecule has 2 fully saturated rings. The van der Waals surface area contributed by atoms with Crippen molar-refractivity contribution in [2.45, 2.75) is 72.2 Å². The van der Waals surface area contributed by atoms with Gasteiger partial charge in [0.2, 0.25) is 11.8 Å². The van der Waals surface area contributed by atoms with E-state index in [1.165, 1.54) is 10.5 Å². The van der Waals surface area contributed by atoms with Gasteiger partial charge in [-0.2, -0.15) is 0 Å². The molecule has 2 aliphatic heterocycles. The third kappa shape index (κ3) is 5.29. The highest BCUT2D eigenvalue weighted by Crippen LogP contribution is 2.51. The van der Waals surface area contributed by atoms with Crippen molar-refractivity contribution in [2.75, 3.05) is 6.54 Å². The Morgan fingerprint density at radius 2 is 1.77 bits per heavy atom. The Morgan fingerprint density at radius 1 is 1.07 bits per heavy atom. The van der Waals surface area contributed by atoms with Gasteiger partial charge in [0, 0.05) is 6.54 Å². The summed E-state index contributed by atoms with van der Waals surface area (Å²) < 4.78 is 6.19. The molecule has 0 saturated carbocycles. The van der Waals surface area contributed by atoms with Crippen LogP contribution in [0.5, 0.6) is 5.75 Å². The number of amides is 2. The number of aromatic hydroxyl groups is 1. The molecule has 2 aromatic carbocycles. The molecule has 5 rings (SSSR count). The maximum Gasteiger partial charge on any atom is 0.455 e. The number of likely N-dealkylation sites (tertiary alicyclic amines) is 1. The Morgan fingerprint density at radius 3 is 2.42 bits per heavy atom. The fraction of sp³-hybridized carbons (Fsp3) is 0.455. The van der Waals surface area contributed by atoms with Crippen LogP contribution in [0.2, 0.25) is 6.32 Å². The van der Waals surface area contributed by atoms with Crippen molar-refractivity contribution >= 4 is 30.6 Å². The van der Waals surface area contributed by atoms with Crippen molar-refractivity contribution in [3.05, 3.63) is 75.9 Å². The molecule has 6 nitrogen and oxygen atoms in total. The van der Waals surface area contributed by atoms with E-state index in [0.29, 0.717) is 37.9 Å². The smallest absolute Gasteiger partial charge is 0.455 e. The number of benzene rings is 2. The summed E-state index contributed by atoms with van der Waals surface area (Å²) in [6.45, 7) is 8.36. The molecular formula is C33H40BNO5. The number of hydrogen-bond acceptors (Lipinski definition) is 5. The van der Waals surface area contributed by atoms with E-state index in [1.54, 1.807) is 0 Å². The summed E-state index contributed by atoms with van der Waals surface area (Å²) in [5, 5.41) is 21.1. The van der Waals surface area contributed by atoms with E-state index in [-0.39, 0.29) is 29.8 Å². The average molecular weight is 541 g/mol. The topological polar surface area (TPSA) is 87.1 Å². The van der Waals surface area contributed by atoms with Crippen LogP contribution in [0.4, 0.5) is 0 Å². The molecule has 0 aromatic heterocycles. The minimum atomic E-state index is -0.967. The summed E-state index contributed by atoms with van der Waals surface area (Å²) in [6.07, 6.45) is 5.70. The molecule has 0 radical (unpaired) electrons. The number of allylic oxidation sites excluding steroid dienone is 2. The van der Waals surface area contributed by atoms with Crippen molar-refractivity contribution in [2.24, 2.45) is 17.8 Å². The molecule has 1 aliphatic carbocycles. The van der Waals surface area contributed by atoms with Crippen LogP contribution in [0.3, 0.4) is 0 Å². The van der Waals surface area contributed by atoms with E-state index in [2.05, 4.69) is 25.1 Å². The molecule has 2 heterocycles. The van der Waals surface area contributed by atoms with Crippen LogP contribution in [0.1, 0.15) is 68.2 Å². The molecule has 2 saturated heterocycles. The fourth-order valence-corrected chi connectivity index (χ4v) is 7.12. The highest BCUT2D eigenvalue weighted by atomic mass is 16.5. The first-order valence-electron chi connectivity index (χ1n) is 14.7.